The smallest absolute Gasteiger partial charge is 0.148 e. The number of hydrogen-bond donors (Lipinski definition) is 1. The number of aliphatic hydroxyl groups excluding tert-OH is 1. The lowest BCUT2D eigenvalue weighted by molar-refractivity contribution is 0.180. The number of benzene rings is 2. The Hall–Kier alpha value is -1.13. The summed E-state index contributed by atoms with van der Waals surface area (Å²) in [6, 6.07) is 14.1. The van der Waals surface area contributed by atoms with E-state index in [9.17, 15) is 4.39 Å². The van der Waals surface area contributed by atoms with Gasteiger partial charge in [-0.25, -0.2) is 4.39 Å². The van der Waals surface area contributed by atoms with Crippen molar-refractivity contribution >= 4 is 23.2 Å². The highest BCUT2D eigenvalue weighted by molar-refractivity contribution is 6.30. The molecule has 0 spiro atoms. The predicted octanol–water partition coefficient (Wildman–Crippen LogP) is 4.75. The molecule has 1 saturated heterocycles. The van der Waals surface area contributed by atoms with E-state index in [1.54, 1.807) is 24.3 Å². The van der Waals surface area contributed by atoms with Gasteiger partial charge in [-0.15, -0.1) is 0 Å². The molecule has 0 radical (unpaired) electrons. The van der Waals surface area contributed by atoms with Gasteiger partial charge in [0.25, 0.3) is 0 Å². The molecule has 1 N–H and O–H groups in total. The van der Waals surface area contributed by atoms with Gasteiger partial charge in [-0.3, -0.25) is 0 Å². The van der Waals surface area contributed by atoms with E-state index >= 15 is 0 Å². The minimum atomic E-state index is -1.30. The molecule has 5 heteroatoms. The van der Waals surface area contributed by atoms with Crippen LogP contribution in [0.5, 0.6) is 0 Å². The highest BCUT2D eigenvalue weighted by atomic mass is 35.5. The maximum Gasteiger partial charge on any atom is 0.148 e. The lowest BCUT2D eigenvalue weighted by Gasteiger charge is -2.03. The highest BCUT2D eigenvalue weighted by Gasteiger charge is 2.23. The van der Waals surface area contributed by atoms with Crippen LogP contribution in [0.3, 0.4) is 0 Å². The minimum Gasteiger partial charge on any atom is -0.393 e. The molecule has 2 aromatic carbocycles. The molecule has 0 aliphatic carbocycles. The van der Waals surface area contributed by atoms with Crippen LogP contribution in [0.2, 0.25) is 10.0 Å². The Kier molecular flexibility index (Phi) is 6.00. The average molecular weight is 329 g/mol. The molecule has 3 rings (SSSR count). The zero-order chi connectivity index (χ0) is 15.2. The van der Waals surface area contributed by atoms with E-state index in [1.165, 1.54) is 5.56 Å². The minimum absolute atomic E-state index is 0.345. The van der Waals surface area contributed by atoms with Crippen LogP contribution in [-0.2, 0) is 4.74 Å². The van der Waals surface area contributed by atoms with Gasteiger partial charge >= 0.3 is 0 Å². The predicted molar refractivity (Wildman–Crippen MR) is 82.5 cm³/mol. The summed E-state index contributed by atoms with van der Waals surface area (Å²) in [4.78, 5) is 0. The van der Waals surface area contributed by atoms with E-state index < -0.39 is 12.8 Å². The van der Waals surface area contributed by atoms with Crippen molar-refractivity contribution in [3.05, 3.63) is 69.7 Å². The number of rotatable bonds is 3. The van der Waals surface area contributed by atoms with Gasteiger partial charge in [0.2, 0.25) is 0 Å². The van der Waals surface area contributed by atoms with Crippen LogP contribution in [0.4, 0.5) is 4.39 Å². The van der Waals surface area contributed by atoms with Gasteiger partial charge in [0.1, 0.15) is 12.3 Å². The monoisotopic (exact) mass is 328 g/mol. The summed E-state index contributed by atoms with van der Waals surface area (Å²) in [5.41, 5.74) is 1.68. The Balaban J connectivity index is 0.000000154. The zero-order valence-corrected chi connectivity index (χ0v) is 12.7. The Morgan fingerprint density at radius 3 is 1.95 bits per heavy atom. The van der Waals surface area contributed by atoms with Crippen molar-refractivity contribution < 1.29 is 14.2 Å². The van der Waals surface area contributed by atoms with Gasteiger partial charge in [0.15, 0.2) is 0 Å². The molecular weight excluding hydrogens is 314 g/mol. The van der Waals surface area contributed by atoms with Crippen molar-refractivity contribution in [3.8, 4) is 0 Å². The largest absolute Gasteiger partial charge is 0.393 e. The first-order valence-corrected chi connectivity index (χ1v) is 7.23. The first-order valence-electron chi connectivity index (χ1n) is 6.47. The summed E-state index contributed by atoms with van der Waals surface area (Å²) < 4.78 is 17.8. The summed E-state index contributed by atoms with van der Waals surface area (Å²) in [6.45, 7) is 0.378. The summed E-state index contributed by atoms with van der Waals surface area (Å²) >= 11 is 11.3. The van der Waals surface area contributed by atoms with Crippen LogP contribution in [0.25, 0.3) is 0 Å². The lowest BCUT2D eigenvalue weighted by Crippen LogP contribution is -1.95. The third-order valence-electron chi connectivity index (χ3n) is 2.97. The summed E-state index contributed by atoms with van der Waals surface area (Å²) in [6.07, 6.45) is -0.954. The van der Waals surface area contributed by atoms with E-state index in [0.29, 0.717) is 16.7 Å². The van der Waals surface area contributed by atoms with Gasteiger partial charge in [-0.1, -0.05) is 47.5 Å². The number of halogens is 3. The molecular formula is C16H15Cl2FO2. The van der Waals surface area contributed by atoms with E-state index in [1.807, 2.05) is 24.3 Å². The number of hydrogen-bond acceptors (Lipinski definition) is 2. The van der Waals surface area contributed by atoms with Gasteiger partial charge in [-0.2, -0.15) is 0 Å². The Bertz CT molecular complexity index is 553. The van der Waals surface area contributed by atoms with Crippen LogP contribution < -0.4 is 0 Å². The molecule has 2 atom stereocenters. The fraction of sp³-hybridized carbons (Fsp3) is 0.250. The molecule has 1 aliphatic rings. The molecule has 1 heterocycles. The van der Waals surface area contributed by atoms with Gasteiger partial charge in [-0.05, 0) is 35.4 Å². The molecule has 112 valence electrons. The number of alkyl halides is 1. The Morgan fingerprint density at radius 1 is 1.05 bits per heavy atom. The zero-order valence-electron chi connectivity index (χ0n) is 11.2. The molecule has 0 amide bonds. The third-order valence-corrected chi connectivity index (χ3v) is 3.47. The van der Waals surface area contributed by atoms with Crippen molar-refractivity contribution in [3.63, 3.8) is 0 Å². The quantitative estimate of drug-likeness (QED) is 0.824. The van der Waals surface area contributed by atoms with Gasteiger partial charge in [0.05, 0.1) is 13.2 Å². The van der Waals surface area contributed by atoms with Gasteiger partial charge < -0.3 is 9.84 Å². The average Bonchev–Trinajstić information content (AvgIpc) is 3.33. The van der Waals surface area contributed by atoms with Crippen LogP contribution in [-0.4, -0.2) is 18.3 Å². The molecule has 2 aromatic rings. The Morgan fingerprint density at radius 2 is 1.52 bits per heavy atom. The number of epoxide rings is 1. The highest BCUT2D eigenvalue weighted by Crippen LogP contribution is 2.29. The molecule has 1 aliphatic heterocycles. The maximum atomic E-state index is 12.7. The molecule has 2 nitrogen and oxygen atoms in total. The van der Waals surface area contributed by atoms with Crippen LogP contribution in [0.1, 0.15) is 23.4 Å². The first-order chi connectivity index (χ1) is 10.1. The van der Waals surface area contributed by atoms with Crippen molar-refractivity contribution in [2.24, 2.45) is 0 Å². The fourth-order valence-electron chi connectivity index (χ4n) is 1.70. The summed E-state index contributed by atoms with van der Waals surface area (Å²) in [5, 5.41) is 9.80. The van der Waals surface area contributed by atoms with Crippen LogP contribution in [0.15, 0.2) is 48.5 Å². The van der Waals surface area contributed by atoms with Crippen LogP contribution >= 0.6 is 23.2 Å². The fourth-order valence-corrected chi connectivity index (χ4v) is 1.95. The standard InChI is InChI=1S/C8H8ClFO.C8H7ClO/c9-7-3-1-6(2-4-7)8(10)5-11;9-7-3-1-6(2-4-7)8-5-10-8/h1-4,8,11H,5H2;1-4,8H,5H2. The molecule has 1 fully saturated rings. The second kappa shape index (κ2) is 7.76. The SMILES string of the molecule is Clc1ccc(C2CO2)cc1.OCC(F)c1ccc(Cl)cc1. The van der Waals surface area contributed by atoms with Crippen LogP contribution in [0, 0.1) is 0 Å². The van der Waals surface area contributed by atoms with E-state index in [0.717, 1.165) is 11.6 Å². The van der Waals surface area contributed by atoms with E-state index in [4.69, 9.17) is 33.0 Å². The third kappa shape index (κ3) is 5.29. The molecule has 2 unspecified atom stereocenters. The topological polar surface area (TPSA) is 32.8 Å². The summed E-state index contributed by atoms with van der Waals surface area (Å²) in [5.74, 6) is 0. The molecule has 0 aromatic heterocycles. The van der Waals surface area contributed by atoms with E-state index in [2.05, 4.69) is 0 Å². The van der Waals surface area contributed by atoms with E-state index in [-0.39, 0.29) is 0 Å². The number of aliphatic hydroxyl groups is 1. The number of ether oxygens (including phenoxy) is 1. The Labute approximate surface area is 133 Å². The normalized spacial score (nSPS) is 17.6. The second-order valence-electron chi connectivity index (χ2n) is 4.58. The second-order valence-corrected chi connectivity index (χ2v) is 5.45. The first kappa shape index (κ1) is 16.2. The maximum absolute atomic E-state index is 12.7. The lowest BCUT2D eigenvalue weighted by atomic mass is 10.1. The van der Waals surface area contributed by atoms with Crippen molar-refractivity contribution in [1.82, 2.24) is 0 Å². The van der Waals surface area contributed by atoms with Crippen molar-refractivity contribution in [2.75, 3.05) is 13.2 Å². The summed E-state index contributed by atoms with van der Waals surface area (Å²) in [7, 11) is 0. The molecule has 0 saturated carbocycles. The molecule has 21 heavy (non-hydrogen) atoms. The van der Waals surface area contributed by atoms with Crippen molar-refractivity contribution in [2.45, 2.75) is 12.3 Å². The van der Waals surface area contributed by atoms with Crippen molar-refractivity contribution in [1.29, 1.82) is 0 Å². The van der Waals surface area contributed by atoms with Gasteiger partial charge in [0, 0.05) is 10.0 Å². The molecule has 0 bridgehead atoms.